The molecule has 1 aromatic carbocycles. The van der Waals surface area contributed by atoms with Crippen LogP contribution in [-0.4, -0.2) is 62.1 Å². The molecule has 0 unspecified atom stereocenters. The number of ether oxygens (including phenoxy) is 3. The molecule has 4 rings (SSSR count). The Kier molecular flexibility index (Phi) is 8.51. The molecule has 0 aliphatic carbocycles. The lowest BCUT2D eigenvalue weighted by atomic mass is 10.0. The molecular weight excluding hydrogens is 545 g/mol. The SMILES string of the molecule is CCOC(=O)C(C)(C)n1c(=O)c2c(C)c(-n3nccn3)sc2n(C[C@H](OCCO)c2cc(F)ccc2OC)c1=O. The van der Waals surface area contributed by atoms with Crippen molar-refractivity contribution in [3.63, 3.8) is 0 Å². The number of rotatable bonds is 11. The van der Waals surface area contributed by atoms with Crippen LogP contribution in [0.1, 0.15) is 38.0 Å². The van der Waals surface area contributed by atoms with Gasteiger partial charge in [-0.25, -0.2) is 18.5 Å². The zero-order valence-electron chi connectivity index (χ0n) is 22.7. The van der Waals surface area contributed by atoms with Gasteiger partial charge in [0, 0.05) is 11.1 Å². The summed E-state index contributed by atoms with van der Waals surface area (Å²) in [5.74, 6) is -1.02. The van der Waals surface area contributed by atoms with E-state index in [9.17, 15) is 23.9 Å². The van der Waals surface area contributed by atoms with Gasteiger partial charge < -0.3 is 19.3 Å². The minimum atomic E-state index is -1.67. The number of benzene rings is 1. The minimum Gasteiger partial charge on any atom is -0.496 e. The number of aryl methyl sites for hydroxylation is 1. The Balaban J connectivity index is 2.04. The Morgan fingerprint density at radius 3 is 2.55 bits per heavy atom. The number of aliphatic hydroxyl groups excluding tert-OH is 1. The molecule has 0 bridgehead atoms. The van der Waals surface area contributed by atoms with E-state index in [1.807, 2.05) is 0 Å². The molecule has 0 fully saturated rings. The number of hydrogen-bond donors (Lipinski definition) is 1. The number of fused-ring (bicyclic) bond motifs is 1. The standard InChI is InChI=1S/C26H30FN5O7S/c1-6-38-24(35)26(3,4)31-21(34)20-15(2)22(32-28-9-10-29-32)40-23(20)30(25(31)36)14-19(39-12-11-33)17-13-16(27)7-8-18(17)37-5/h7-10,13,19,33H,6,11-12,14H2,1-5H3/t19-/m0/s1. The Morgan fingerprint density at radius 1 is 1.23 bits per heavy atom. The summed E-state index contributed by atoms with van der Waals surface area (Å²) in [6.45, 7) is 5.57. The molecule has 0 amide bonds. The third-order valence-corrected chi connectivity index (χ3v) is 7.70. The predicted octanol–water partition coefficient (Wildman–Crippen LogP) is 2.31. The van der Waals surface area contributed by atoms with Crippen molar-refractivity contribution in [3.05, 3.63) is 68.4 Å². The fourth-order valence-electron chi connectivity index (χ4n) is 4.46. The summed E-state index contributed by atoms with van der Waals surface area (Å²) in [6.07, 6.45) is 1.98. The first kappa shape index (κ1) is 29.1. The van der Waals surface area contributed by atoms with Crippen LogP contribution in [0.2, 0.25) is 0 Å². The summed E-state index contributed by atoms with van der Waals surface area (Å²) in [6, 6.07) is 3.88. The smallest absolute Gasteiger partial charge is 0.333 e. The van der Waals surface area contributed by atoms with Crippen LogP contribution in [0.3, 0.4) is 0 Å². The molecule has 0 spiro atoms. The molecule has 14 heteroatoms. The Bertz CT molecular complexity index is 1640. The van der Waals surface area contributed by atoms with Crippen LogP contribution in [0.5, 0.6) is 5.75 Å². The van der Waals surface area contributed by atoms with Crippen LogP contribution in [0, 0.1) is 12.7 Å². The van der Waals surface area contributed by atoms with Crippen molar-refractivity contribution in [1.82, 2.24) is 24.1 Å². The lowest BCUT2D eigenvalue weighted by Crippen LogP contribution is -2.53. The Labute approximate surface area is 232 Å². The fourth-order valence-corrected chi connectivity index (χ4v) is 5.68. The van der Waals surface area contributed by atoms with Gasteiger partial charge in [-0.15, -0.1) is 4.80 Å². The quantitative estimate of drug-likeness (QED) is 0.267. The highest BCUT2D eigenvalue weighted by Gasteiger charge is 2.37. The summed E-state index contributed by atoms with van der Waals surface area (Å²) < 4.78 is 33.0. The highest BCUT2D eigenvalue weighted by molar-refractivity contribution is 7.21. The van der Waals surface area contributed by atoms with E-state index in [0.29, 0.717) is 21.9 Å². The predicted molar refractivity (Wildman–Crippen MR) is 145 cm³/mol. The normalized spacial score (nSPS) is 12.6. The van der Waals surface area contributed by atoms with Crippen molar-refractivity contribution in [1.29, 1.82) is 0 Å². The van der Waals surface area contributed by atoms with Crippen molar-refractivity contribution in [2.75, 3.05) is 26.9 Å². The van der Waals surface area contributed by atoms with Crippen LogP contribution in [0.15, 0.2) is 40.2 Å². The fraction of sp³-hybridized carbons (Fsp3) is 0.423. The summed E-state index contributed by atoms with van der Waals surface area (Å²) in [5.41, 5.74) is -2.36. The third-order valence-electron chi connectivity index (χ3n) is 6.42. The summed E-state index contributed by atoms with van der Waals surface area (Å²) in [5, 5.41) is 18.5. The molecule has 3 aromatic heterocycles. The van der Waals surface area contributed by atoms with E-state index < -0.39 is 34.7 Å². The number of halogens is 1. The zero-order chi connectivity index (χ0) is 29.2. The van der Waals surface area contributed by atoms with Crippen LogP contribution >= 0.6 is 11.3 Å². The molecule has 1 atom stereocenters. The van der Waals surface area contributed by atoms with Gasteiger partial charge in [-0.05, 0) is 45.9 Å². The Hall–Kier alpha value is -3.88. The van der Waals surface area contributed by atoms with E-state index in [-0.39, 0.29) is 36.6 Å². The van der Waals surface area contributed by atoms with Gasteiger partial charge in [-0.1, -0.05) is 11.3 Å². The van der Waals surface area contributed by atoms with Gasteiger partial charge in [0.2, 0.25) is 0 Å². The van der Waals surface area contributed by atoms with Crippen molar-refractivity contribution >= 4 is 27.5 Å². The van der Waals surface area contributed by atoms with E-state index in [1.54, 1.807) is 13.8 Å². The highest BCUT2D eigenvalue weighted by atomic mass is 32.1. The molecule has 1 N–H and O–H groups in total. The number of hydrogen-bond acceptors (Lipinski definition) is 10. The first-order chi connectivity index (χ1) is 19.1. The van der Waals surface area contributed by atoms with E-state index in [4.69, 9.17) is 14.2 Å². The van der Waals surface area contributed by atoms with Gasteiger partial charge in [0.15, 0.2) is 0 Å². The van der Waals surface area contributed by atoms with Crippen LogP contribution < -0.4 is 16.0 Å². The lowest BCUT2D eigenvalue weighted by molar-refractivity contribution is -0.152. The van der Waals surface area contributed by atoms with Crippen molar-refractivity contribution in [2.24, 2.45) is 0 Å². The summed E-state index contributed by atoms with van der Waals surface area (Å²) in [4.78, 5) is 42.6. The summed E-state index contributed by atoms with van der Waals surface area (Å²) in [7, 11) is 1.41. The second kappa shape index (κ2) is 11.7. The number of thiophene rings is 1. The first-order valence-corrected chi connectivity index (χ1v) is 13.3. The second-order valence-electron chi connectivity index (χ2n) is 9.31. The molecule has 0 saturated heterocycles. The maximum atomic E-state index is 14.3. The van der Waals surface area contributed by atoms with Gasteiger partial charge in [0.05, 0.1) is 51.3 Å². The third kappa shape index (κ3) is 5.17. The van der Waals surface area contributed by atoms with Crippen molar-refractivity contribution in [2.45, 2.75) is 45.9 Å². The molecule has 3 heterocycles. The number of methoxy groups -OCH3 is 1. The van der Waals surface area contributed by atoms with Crippen LogP contribution in [0.4, 0.5) is 4.39 Å². The molecule has 0 saturated carbocycles. The maximum Gasteiger partial charge on any atom is 0.333 e. The van der Waals surface area contributed by atoms with Crippen LogP contribution in [0.25, 0.3) is 15.2 Å². The zero-order valence-corrected chi connectivity index (χ0v) is 23.5. The summed E-state index contributed by atoms with van der Waals surface area (Å²) >= 11 is 1.11. The minimum absolute atomic E-state index is 0.0521. The van der Waals surface area contributed by atoms with E-state index in [1.165, 1.54) is 60.9 Å². The molecule has 0 radical (unpaired) electrons. The molecular formula is C26H30FN5O7S. The molecule has 12 nitrogen and oxygen atoms in total. The maximum absolute atomic E-state index is 14.3. The Morgan fingerprint density at radius 2 is 1.93 bits per heavy atom. The monoisotopic (exact) mass is 575 g/mol. The van der Waals surface area contributed by atoms with Gasteiger partial charge in [-0.3, -0.25) is 9.36 Å². The molecule has 214 valence electrons. The first-order valence-electron chi connectivity index (χ1n) is 12.5. The lowest BCUT2D eigenvalue weighted by Gasteiger charge is -2.27. The number of carbonyl (C=O) groups excluding carboxylic acids is 1. The van der Waals surface area contributed by atoms with Crippen molar-refractivity contribution < 1.29 is 28.5 Å². The van der Waals surface area contributed by atoms with Crippen LogP contribution in [-0.2, 0) is 26.4 Å². The van der Waals surface area contributed by atoms with Gasteiger partial charge >= 0.3 is 11.7 Å². The molecule has 4 aromatic rings. The average molecular weight is 576 g/mol. The topological polar surface area (TPSA) is 140 Å². The van der Waals surface area contributed by atoms with Gasteiger partial charge in [0.25, 0.3) is 5.56 Å². The number of carbonyl (C=O) groups is 1. The number of aromatic nitrogens is 5. The van der Waals surface area contributed by atoms with Crippen molar-refractivity contribution in [3.8, 4) is 10.8 Å². The number of esters is 1. The van der Waals surface area contributed by atoms with E-state index >= 15 is 0 Å². The highest BCUT2D eigenvalue weighted by Crippen LogP contribution is 2.34. The number of aliphatic hydroxyl groups is 1. The van der Waals surface area contributed by atoms with E-state index in [2.05, 4.69) is 10.2 Å². The van der Waals surface area contributed by atoms with Gasteiger partial charge in [0.1, 0.15) is 33.0 Å². The van der Waals surface area contributed by atoms with Gasteiger partial charge in [-0.2, -0.15) is 10.2 Å². The average Bonchev–Trinajstić information content (AvgIpc) is 3.56. The number of nitrogens with zero attached hydrogens (tertiary/aromatic N) is 5. The largest absolute Gasteiger partial charge is 0.496 e. The molecule has 0 aliphatic rings. The molecule has 40 heavy (non-hydrogen) atoms. The van der Waals surface area contributed by atoms with E-state index in [0.717, 1.165) is 15.9 Å². The molecule has 0 aliphatic heterocycles. The second-order valence-corrected chi connectivity index (χ2v) is 10.3.